The lowest BCUT2D eigenvalue weighted by Gasteiger charge is -2.08. The van der Waals surface area contributed by atoms with E-state index in [9.17, 15) is 0 Å². The zero-order valence-electron chi connectivity index (χ0n) is 11.4. The molecule has 0 radical (unpaired) electrons. The molecular weight excluding hydrogens is 383 g/mol. The van der Waals surface area contributed by atoms with Crippen LogP contribution in [0.15, 0.2) is 24.4 Å². The minimum Gasteiger partial charge on any atom is -0.380 e. The number of benzene rings is 1. The van der Waals surface area contributed by atoms with Crippen molar-refractivity contribution in [3.05, 3.63) is 43.4 Å². The number of ether oxygens (including phenoxy) is 1. The fourth-order valence-corrected chi connectivity index (χ4v) is 3.72. The molecule has 2 heterocycles. The molecule has 0 amide bonds. The molecule has 0 bridgehead atoms. The number of thiazole rings is 1. The number of aryl methyl sites for hydroxylation is 1. The summed E-state index contributed by atoms with van der Waals surface area (Å²) in [4.78, 5) is 5.76. The molecule has 2 aromatic rings. The van der Waals surface area contributed by atoms with Gasteiger partial charge in [-0.05, 0) is 60.1 Å². The Morgan fingerprint density at radius 3 is 3.20 bits per heavy atom. The van der Waals surface area contributed by atoms with E-state index in [0.29, 0.717) is 0 Å². The highest BCUT2D eigenvalue weighted by molar-refractivity contribution is 14.1. The Labute approximate surface area is 136 Å². The number of nitrogens with one attached hydrogen (secondary N) is 1. The van der Waals surface area contributed by atoms with Gasteiger partial charge in [0.25, 0.3) is 0 Å². The smallest absolute Gasteiger partial charge is 0.122 e. The fourth-order valence-electron chi connectivity index (χ4n) is 2.29. The Morgan fingerprint density at radius 1 is 1.50 bits per heavy atom. The van der Waals surface area contributed by atoms with Crippen LogP contribution in [0.2, 0.25) is 0 Å². The van der Waals surface area contributed by atoms with Gasteiger partial charge in [0.2, 0.25) is 0 Å². The molecule has 0 aliphatic carbocycles. The highest BCUT2D eigenvalue weighted by Crippen LogP contribution is 2.31. The number of halogens is 1. The third-order valence-corrected chi connectivity index (χ3v) is 5.19. The summed E-state index contributed by atoms with van der Waals surface area (Å²) in [6.45, 7) is 3.83. The quantitative estimate of drug-likeness (QED) is 0.767. The predicted octanol–water partition coefficient (Wildman–Crippen LogP) is 4.52. The van der Waals surface area contributed by atoms with Crippen LogP contribution in [0.4, 0.5) is 5.69 Å². The highest BCUT2D eigenvalue weighted by Gasteiger charge is 2.20. The molecule has 1 fully saturated rings. The SMILES string of the molecule is Cc1ccc(I)cc1NCc1cnc(C2CCCO2)s1. The number of anilines is 1. The van der Waals surface area contributed by atoms with Crippen LogP contribution in [-0.2, 0) is 11.3 Å². The van der Waals surface area contributed by atoms with E-state index in [-0.39, 0.29) is 6.10 Å². The van der Waals surface area contributed by atoms with Gasteiger partial charge < -0.3 is 10.1 Å². The van der Waals surface area contributed by atoms with Gasteiger partial charge in [0.1, 0.15) is 11.1 Å². The number of aromatic nitrogens is 1. The molecule has 1 unspecified atom stereocenters. The first-order valence-electron chi connectivity index (χ1n) is 6.78. The van der Waals surface area contributed by atoms with Crippen molar-refractivity contribution in [2.45, 2.75) is 32.4 Å². The molecule has 3 nitrogen and oxygen atoms in total. The van der Waals surface area contributed by atoms with Crippen LogP contribution >= 0.6 is 33.9 Å². The second kappa shape index (κ2) is 6.41. The Hall–Kier alpha value is -0.660. The van der Waals surface area contributed by atoms with Crippen LogP contribution in [0.25, 0.3) is 0 Å². The minimum atomic E-state index is 0.230. The number of hydrogen-bond donors (Lipinski definition) is 1. The van der Waals surface area contributed by atoms with Gasteiger partial charge in [-0.25, -0.2) is 4.98 Å². The lowest BCUT2D eigenvalue weighted by Crippen LogP contribution is -1.99. The second-order valence-electron chi connectivity index (χ2n) is 4.98. The van der Waals surface area contributed by atoms with Crippen LogP contribution in [-0.4, -0.2) is 11.6 Å². The Balaban J connectivity index is 1.64. The normalized spacial score (nSPS) is 18.4. The summed E-state index contributed by atoms with van der Waals surface area (Å²) < 4.78 is 6.93. The summed E-state index contributed by atoms with van der Waals surface area (Å²) in [5.74, 6) is 0. The molecular formula is C15H17IN2OS. The summed E-state index contributed by atoms with van der Waals surface area (Å²) in [5.41, 5.74) is 2.47. The molecule has 5 heteroatoms. The van der Waals surface area contributed by atoms with Gasteiger partial charge in [-0.2, -0.15) is 0 Å². The molecule has 1 aromatic carbocycles. The Kier molecular flexibility index (Phi) is 4.58. The van der Waals surface area contributed by atoms with Gasteiger partial charge in [0.05, 0.1) is 6.54 Å². The van der Waals surface area contributed by atoms with Crippen LogP contribution in [0.5, 0.6) is 0 Å². The van der Waals surface area contributed by atoms with Gasteiger partial charge in [0, 0.05) is 26.9 Å². The highest BCUT2D eigenvalue weighted by atomic mass is 127. The van der Waals surface area contributed by atoms with Gasteiger partial charge in [-0.1, -0.05) is 6.07 Å². The maximum absolute atomic E-state index is 5.68. The third kappa shape index (κ3) is 3.32. The van der Waals surface area contributed by atoms with E-state index in [0.717, 1.165) is 31.0 Å². The topological polar surface area (TPSA) is 34.2 Å². The molecule has 3 rings (SSSR count). The lowest BCUT2D eigenvalue weighted by molar-refractivity contribution is 0.111. The molecule has 0 saturated carbocycles. The molecule has 1 N–H and O–H groups in total. The van der Waals surface area contributed by atoms with Gasteiger partial charge in [-0.3, -0.25) is 0 Å². The van der Waals surface area contributed by atoms with Gasteiger partial charge >= 0.3 is 0 Å². The maximum Gasteiger partial charge on any atom is 0.122 e. The van der Waals surface area contributed by atoms with Crippen molar-refractivity contribution in [2.24, 2.45) is 0 Å². The first kappa shape index (κ1) is 14.3. The first-order chi connectivity index (χ1) is 9.72. The van der Waals surface area contributed by atoms with Crippen molar-refractivity contribution in [2.75, 3.05) is 11.9 Å². The van der Waals surface area contributed by atoms with Crippen molar-refractivity contribution < 1.29 is 4.74 Å². The van der Waals surface area contributed by atoms with Crippen LogP contribution < -0.4 is 5.32 Å². The summed E-state index contributed by atoms with van der Waals surface area (Å²) in [6.07, 6.45) is 4.46. The summed E-state index contributed by atoms with van der Waals surface area (Å²) in [6, 6.07) is 6.45. The summed E-state index contributed by atoms with van der Waals surface area (Å²) >= 11 is 4.10. The zero-order valence-corrected chi connectivity index (χ0v) is 14.3. The molecule has 20 heavy (non-hydrogen) atoms. The zero-order chi connectivity index (χ0) is 13.9. The first-order valence-corrected chi connectivity index (χ1v) is 8.68. The van der Waals surface area contributed by atoms with Gasteiger partial charge in [0.15, 0.2) is 0 Å². The molecule has 0 spiro atoms. The van der Waals surface area contributed by atoms with Crippen molar-refractivity contribution in [1.82, 2.24) is 4.98 Å². The standard InChI is InChI=1S/C15H17IN2OS/c1-10-4-5-11(16)7-13(10)17-8-12-9-18-15(20-12)14-3-2-6-19-14/h4-5,7,9,14,17H,2-3,6,8H2,1H3. The van der Waals surface area contributed by atoms with Crippen molar-refractivity contribution in [1.29, 1.82) is 0 Å². The van der Waals surface area contributed by atoms with Crippen molar-refractivity contribution in [3.8, 4) is 0 Å². The van der Waals surface area contributed by atoms with E-state index in [1.807, 2.05) is 6.20 Å². The van der Waals surface area contributed by atoms with E-state index >= 15 is 0 Å². The Morgan fingerprint density at radius 2 is 2.40 bits per heavy atom. The molecule has 106 valence electrons. The van der Waals surface area contributed by atoms with Gasteiger partial charge in [-0.15, -0.1) is 11.3 Å². The number of nitrogens with zero attached hydrogens (tertiary/aromatic N) is 1. The molecule has 1 aliphatic rings. The second-order valence-corrected chi connectivity index (χ2v) is 7.37. The van der Waals surface area contributed by atoms with Crippen LogP contribution in [0.3, 0.4) is 0 Å². The third-order valence-electron chi connectivity index (χ3n) is 3.43. The van der Waals surface area contributed by atoms with E-state index in [4.69, 9.17) is 4.74 Å². The number of rotatable bonds is 4. The van der Waals surface area contributed by atoms with E-state index in [2.05, 4.69) is 58.0 Å². The average molecular weight is 400 g/mol. The largest absolute Gasteiger partial charge is 0.380 e. The van der Waals surface area contributed by atoms with E-state index < -0.39 is 0 Å². The predicted molar refractivity (Wildman–Crippen MR) is 91.3 cm³/mol. The van der Waals surface area contributed by atoms with Crippen molar-refractivity contribution in [3.63, 3.8) is 0 Å². The van der Waals surface area contributed by atoms with E-state index in [1.54, 1.807) is 11.3 Å². The monoisotopic (exact) mass is 400 g/mol. The number of hydrogen-bond acceptors (Lipinski definition) is 4. The maximum atomic E-state index is 5.68. The average Bonchev–Trinajstić information content (AvgIpc) is 3.09. The Bertz CT molecular complexity index is 593. The molecule has 1 saturated heterocycles. The molecule has 1 aromatic heterocycles. The van der Waals surface area contributed by atoms with E-state index in [1.165, 1.54) is 19.7 Å². The fraction of sp³-hybridized carbons (Fsp3) is 0.400. The lowest BCUT2D eigenvalue weighted by atomic mass is 10.2. The minimum absolute atomic E-state index is 0.230. The molecule has 1 atom stereocenters. The summed E-state index contributed by atoms with van der Waals surface area (Å²) in [7, 11) is 0. The van der Waals surface area contributed by atoms with Crippen LogP contribution in [0, 0.1) is 10.5 Å². The molecule has 1 aliphatic heterocycles. The van der Waals surface area contributed by atoms with Crippen molar-refractivity contribution >= 4 is 39.6 Å². The summed E-state index contributed by atoms with van der Waals surface area (Å²) in [5, 5.41) is 4.62. The van der Waals surface area contributed by atoms with Crippen LogP contribution in [0.1, 0.15) is 34.4 Å².